The summed E-state index contributed by atoms with van der Waals surface area (Å²) in [5.74, 6) is -0.550. The van der Waals surface area contributed by atoms with Gasteiger partial charge in [0.15, 0.2) is 0 Å². The van der Waals surface area contributed by atoms with Crippen LogP contribution in [0.3, 0.4) is 0 Å². The zero-order valence-corrected chi connectivity index (χ0v) is 19.5. The Morgan fingerprint density at radius 3 is 2.06 bits per heavy atom. The third-order valence-corrected chi connectivity index (χ3v) is 6.27. The van der Waals surface area contributed by atoms with Crippen molar-refractivity contribution in [1.29, 1.82) is 0 Å². The van der Waals surface area contributed by atoms with Gasteiger partial charge in [-0.25, -0.2) is 12.8 Å². The largest absolute Gasteiger partial charge is 0.352 e. The molecule has 3 rings (SSSR count). The second-order valence-corrected chi connectivity index (χ2v) is 10.0. The van der Waals surface area contributed by atoms with E-state index in [0.29, 0.717) is 39.8 Å². The maximum Gasteiger partial charge on any atom is 0.251 e. The molecule has 1 amide bonds. The van der Waals surface area contributed by atoms with Gasteiger partial charge in [0.1, 0.15) is 5.82 Å². The highest BCUT2D eigenvalue weighted by Gasteiger charge is 2.19. The number of rotatable bonds is 8. The van der Waals surface area contributed by atoms with Crippen molar-refractivity contribution < 1.29 is 17.6 Å². The van der Waals surface area contributed by atoms with Crippen molar-refractivity contribution in [2.45, 2.75) is 13.0 Å². The summed E-state index contributed by atoms with van der Waals surface area (Å²) in [5, 5.41) is 3.47. The molecule has 0 radical (unpaired) electrons. The van der Waals surface area contributed by atoms with E-state index in [0.717, 1.165) is 11.8 Å². The van der Waals surface area contributed by atoms with Gasteiger partial charge in [-0.05, 0) is 60.0 Å². The Labute approximate surface area is 196 Å². The van der Waals surface area contributed by atoms with E-state index in [1.54, 1.807) is 36.4 Å². The molecule has 0 saturated carbocycles. The van der Waals surface area contributed by atoms with Gasteiger partial charge in [-0.1, -0.05) is 47.5 Å². The predicted molar refractivity (Wildman–Crippen MR) is 126 cm³/mol. The summed E-state index contributed by atoms with van der Waals surface area (Å²) in [7, 11) is -3.60. The van der Waals surface area contributed by atoms with E-state index in [2.05, 4.69) is 5.32 Å². The molecule has 32 heavy (non-hydrogen) atoms. The third kappa shape index (κ3) is 6.69. The molecule has 0 aromatic heterocycles. The third-order valence-electron chi connectivity index (χ3n) is 4.69. The van der Waals surface area contributed by atoms with Crippen LogP contribution in [-0.4, -0.2) is 27.1 Å². The normalized spacial score (nSPS) is 11.2. The number of carbonyl (C=O) groups is 1. The highest BCUT2D eigenvalue weighted by atomic mass is 35.5. The van der Waals surface area contributed by atoms with Crippen LogP contribution in [0, 0.1) is 5.82 Å². The van der Waals surface area contributed by atoms with E-state index < -0.39 is 10.0 Å². The summed E-state index contributed by atoms with van der Waals surface area (Å²) in [6, 6.07) is 17.3. The summed E-state index contributed by atoms with van der Waals surface area (Å²) in [6.07, 6.45) is 1.68. The minimum Gasteiger partial charge on any atom is -0.352 e. The van der Waals surface area contributed by atoms with Crippen LogP contribution in [-0.2, 0) is 23.0 Å². The molecule has 9 heteroatoms. The van der Waals surface area contributed by atoms with E-state index in [1.807, 2.05) is 0 Å². The molecule has 5 nitrogen and oxygen atoms in total. The van der Waals surface area contributed by atoms with Gasteiger partial charge in [0.25, 0.3) is 5.91 Å². The standard InChI is InChI=1S/C23H21Cl2FN2O3S/c1-32(30,31)28(22-13-19(24)12-20(25)14-22)15-17-2-6-18(7-3-17)23(29)27-11-10-16-4-8-21(26)9-5-16/h2-9,12-14H,10-11,15H2,1H3,(H,27,29). The average Bonchev–Trinajstić information content (AvgIpc) is 2.72. The van der Waals surface area contributed by atoms with Crippen molar-refractivity contribution in [3.63, 3.8) is 0 Å². The zero-order chi connectivity index (χ0) is 23.3. The molecule has 0 bridgehead atoms. The number of sulfonamides is 1. The van der Waals surface area contributed by atoms with E-state index in [1.165, 1.54) is 34.6 Å². The number of anilines is 1. The lowest BCUT2D eigenvalue weighted by molar-refractivity contribution is 0.0954. The Bertz CT molecular complexity index is 1180. The van der Waals surface area contributed by atoms with Crippen LogP contribution in [0.15, 0.2) is 66.7 Å². The fourth-order valence-corrected chi connectivity index (χ4v) is 4.47. The molecule has 0 aliphatic carbocycles. The Morgan fingerprint density at radius 1 is 0.938 bits per heavy atom. The van der Waals surface area contributed by atoms with Crippen molar-refractivity contribution in [2.75, 3.05) is 17.1 Å². The second-order valence-electron chi connectivity index (χ2n) is 7.23. The molecular weight excluding hydrogens is 474 g/mol. The van der Waals surface area contributed by atoms with Gasteiger partial charge in [-0.2, -0.15) is 0 Å². The summed E-state index contributed by atoms with van der Waals surface area (Å²) >= 11 is 12.0. The van der Waals surface area contributed by atoms with Crippen molar-refractivity contribution in [3.05, 3.63) is 99.3 Å². The van der Waals surface area contributed by atoms with Crippen molar-refractivity contribution in [3.8, 4) is 0 Å². The number of nitrogens with zero attached hydrogens (tertiary/aromatic N) is 1. The van der Waals surface area contributed by atoms with Crippen LogP contribution in [0.5, 0.6) is 0 Å². The molecule has 168 valence electrons. The lowest BCUT2D eigenvalue weighted by Gasteiger charge is -2.23. The summed E-state index contributed by atoms with van der Waals surface area (Å²) in [6.45, 7) is 0.464. The Kier molecular flexibility index (Phi) is 7.77. The van der Waals surface area contributed by atoms with Crippen molar-refractivity contribution in [2.24, 2.45) is 0 Å². The van der Waals surface area contributed by atoms with Gasteiger partial charge in [-0.15, -0.1) is 0 Å². The second kappa shape index (κ2) is 10.3. The molecule has 0 aliphatic rings. The lowest BCUT2D eigenvalue weighted by atomic mass is 10.1. The number of halogens is 3. The summed E-state index contributed by atoms with van der Waals surface area (Å²) in [5.41, 5.74) is 2.41. The van der Waals surface area contributed by atoms with Gasteiger partial charge in [0.2, 0.25) is 10.0 Å². The Balaban J connectivity index is 1.65. The minimum atomic E-state index is -3.60. The van der Waals surface area contributed by atoms with Crippen LogP contribution in [0.4, 0.5) is 10.1 Å². The van der Waals surface area contributed by atoms with Crippen LogP contribution >= 0.6 is 23.2 Å². The van der Waals surface area contributed by atoms with Crippen LogP contribution in [0.1, 0.15) is 21.5 Å². The molecule has 0 aliphatic heterocycles. The Hall–Kier alpha value is -2.61. The molecule has 0 saturated heterocycles. The maximum atomic E-state index is 12.9. The van der Waals surface area contributed by atoms with Crippen LogP contribution in [0.25, 0.3) is 0 Å². The Morgan fingerprint density at radius 2 is 1.50 bits per heavy atom. The van der Waals surface area contributed by atoms with Crippen molar-refractivity contribution in [1.82, 2.24) is 5.32 Å². The molecule has 0 atom stereocenters. The monoisotopic (exact) mass is 494 g/mol. The highest BCUT2D eigenvalue weighted by Crippen LogP contribution is 2.28. The summed E-state index contributed by atoms with van der Waals surface area (Å²) in [4.78, 5) is 12.4. The smallest absolute Gasteiger partial charge is 0.251 e. The molecule has 0 fully saturated rings. The topological polar surface area (TPSA) is 66.5 Å². The molecule has 3 aromatic rings. The molecule has 3 aromatic carbocycles. The van der Waals surface area contributed by atoms with E-state index in [4.69, 9.17) is 23.2 Å². The lowest BCUT2D eigenvalue weighted by Crippen LogP contribution is -2.29. The highest BCUT2D eigenvalue weighted by molar-refractivity contribution is 7.92. The van der Waals surface area contributed by atoms with Gasteiger partial charge in [0, 0.05) is 22.2 Å². The van der Waals surface area contributed by atoms with E-state index >= 15 is 0 Å². The number of amides is 1. The first kappa shape index (κ1) is 24.0. The minimum absolute atomic E-state index is 0.0575. The molecular formula is C23H21Cl2FN2O3S. The molecule has 0 unspecified atom stereocenters. The average molecular weight is 495 g/mol. The first-order valence-corrected chi connectivity index (χ1v) is 12.3. The first-order chi connectivity index (χ1) is 15.1. The van der Waals surface area contributed by atoms with Crippen molar-refractivity contribution >= 4 is 44.8 Å². The van der Waals surface area contributed by atoms with Gasteiger partial charge >= 0.3 is 0 Å². The fraction of sp³-hybridized carbons (Fsp3) is 0.174. The molecule has 1 N–H and O–H groups in total. The van der Waals surface area contributed by atoms with Crippen LogP contribution in [0.2, 0.25) is 10.0 Å². The van der Waals surface area contributed by atoms with Gasteiger partial charge in [0.05, 0.1) is 18.5 Å². The SMILES string of the molecule is CS(=O)(=O)N(Cc1ccc(C(=O)NCCc2ccc(F)cc2)cc1)c1cc(Cl)cc(Cl)c1. The summed E-state index contributed by atoms with van der Waals surface area (Å²) < 4.78 is 38.8. The quantitative estimate of drug-likeness (QED) is 0.475. The predicted octanol–water partition coefficient (Wildman–Crippen LogP) is 5.07. The number of nitrogens with one attached hydrogen (secondary N) is 1. The number of hydrogen-bond donors (Lipinski definition) is 1. The molecule has 0 heterocycles. The first-order valence-electron chi connectivity index (χ1n) is 9.67. The van der Waals surface area contributed by atoms with E-state index in [9.17, 15) is 17.6 Å². The van der Waals surface area contributed by atoms with Gasteiger partial charge < -0.3 is 5.32 Å². The van der Waals surface area contributed by atoms with E-state index in [-0.39, 0.29) is 18.3 Å². The number of carbonyl (C=O) groups excluding carboxylic acids is 1. The fourth-order valence-electron chi connectivity index (χ4n) is 3.08. The maximum absolute atomic E-state index is 12.9. The number of hydrogen-bond acceptors (Lipinski definition) is 3. The zero-order valence-electron chi connectivity index (χ0n) is 17.2. The van der Waals surface area contributed by atoms with Crippen LogP contribution < -0.4 is 9.62 Å². The molecule has 0 spiro atoms. The van der Waals surface area contributed by atoms with Gasteiger partial charge in [-0.3, -0.25) is 9.10 Å². The number of benzene rings is 3.